The standard InChI is InChI=1S/C20H26N4OS/c1-15-4-2-3-5-16(15)13-21-17-6-8-23(9-7-17)20(25)19-12-18-14-26-11-10-24(18)22-19/h2-5,12,17,21H,6-11,13-14H2,1H3. The Morgan fingerprint density at radius 2 is 2.08 bits per heavy atom. The van der Waals surface area contributed by atoms with Crippen LogP contribution in [0.3, 0.4) is 0 Å². The molecule has 1 N–H and O–H groups in total. The number of carbonyl (C=O) groups excluding carboxylic acids is 1. The first-order valence-corrected chi connectivity index (χ1v) is 10.6. The molecule has 138 valence electrons. The highest BCUT2D eigenvalue weighted by Crippen LogP contribution is 2.21. The monoisotopic (exact) mass is 370 g/mol. The molecule has 0 radical (unpaired) electrons. The summed E-state index contributed by atoms with van der Waals surface area (Å²) in [7, 11) is 0. The number of amides is 1. The molecule has 0 saturated carbocycles. The molecule has 5 nitrogen and oxygen atoms in total. The number of hydrogen-bond acceptors (Lipinski definition) is 4. The molecule has 1 aromatic heterocycles. The van der Waals surface area contributed by atoms with E-state index in [0.717, 1.165) is 50.5 Å². The maximum Gasteiger partial charge on any atom is 0.274 e. The number of likely N-dealkylation sites (tertiary alicyclic amines) is 1. The number of nitrogens with one attached hydrogen (secondary N) is 1. The SMILES string of the molecule is Cc1ccccc1CNC1CCN(C(=O)c2cc3n(n2)CCSC3)CC1. The Morgan fingerprint density at radius 1 is 1.27 bits per heavy atom. The third-order valence-corrected chi connectivity index (χ3v) is 6.38. The van der Waals surface area contributed by atoms with Crippen molar-refractivity contribution >= 4 is 17.7 Å². The molecule has 1 aromatic carbocycles. The third kappa shape index (κ3) is 3.81. The van der Waals surface area contributed by atoms with Crippen LogP contribution in [0.5, 0.6) is 0 Å². The summed E-state index contributed by atoms with van der Waals surface area (Å²) >= 11 is 1.91. The van der Waals surface area contributed by atoms with Gasteiger partial charge in [-0.25, -0.2) is 0 Å². The van der Waals surface area contributed by atoms with Crippen LogP contribution in [0, 0.1) is 6.92 Å². The lowest BCUT2D eigenvalue weighted by atomic mass is 10.0. The first-order valence-electron chi connectivity index (χ1n) is 9.42. The zero-order chi connectivity index (χ0) is 17.9. The normalized spacial score (nSPS) is 18.0. The van der Waals surface area contributed by atoms with Gasteiger partial charge >= 0.3 is 0 Å². The van der Waals surface area contributed by atoms with E-state index >= 15 is 0 Å². The fourth-order valence-corrected chi connectivity index (χ4v) is 4.60. The van der Waals surface area contributed by atoms with Crippen LogP contribution in [0.25, 0.3) is 0 Å². The van der Waals surface area contributed by atoms with Crippen LogP contribution in [0.1, 0.15) is 40.2 Å². The lowest BCUT2D eigenvalue weighted by Gasteiger charge is -2.32. The van der Waals surface area contributed by atoms with E-state index in [1.807, 2.05) is 27.4 Å². The highest BCUT2D eigenvalue weighted by molar-refractivity contribution is 7.98. The molecule has 3 heterocycles. The molecule has 0 spiro atoms. The van der Waals surface area contributed by atoms with Gasteiger partial charge in [0.1, 0.15) is 0 Å². The second-order valence-corrected chi connectivity index (χ2v) is 8.28. The molecule has 1 fully saturated rings. The van der Waals surface area contributed by atoms with E-state index in [4.69, 9.17) is 0 Å². The summed E-state index contributed by atoms with van der Waals surface area (Å²) in [5, 5.41) is 8.18. The van der Waals surface area contributed by atoms with Gasteiger partial charge in [0.25, 0.3) is 5.91 Å². The average molecular weight is 371 g/mol. The van der Waals surface area contributed by atoms with E-state index in [2.05, 4.69) is 41.6 Å². The van der Waals surface area contributed by atoms with Crippen LogP contribution in [0.4, 0.5) is 0 Å². The summed E-state index contributed by atoms with van der Waals surface area (Å²) in [5.41, 5.74) is 4.48. The van der Waals surface area contributed by atoms with Gasteiger partial charge in [0.05, 0.1) is 6.54 Å². The number of hydrogen-bond donors (Lipinski definition) is 1. The second-order valence-electron chi connectivity index (χ2n) is 7.17. The number of fused-ring (bicyclic) bond motifs is 1. The number of aromatic nitrogens is 2. The number of thioether (sulfide) groups is 1. The van der Waals surface area contributed by atoms with Crippen molar-refractivity contribution < 1.29 is 4.79 Å². The molecular weight excluding hydrogens is 344 g/mol. The van der Waals surface area contributed by atoms with Gasteiger partial charge < -0.3 is 10.2 Å². The van der Waals surface area contributed by atoms with Crippen LogP contribution in [-0.2, 0) is 18.8 Å². The predicted octanol–water partition coefficient (Wildman–Crippen LogP) is 2.83. The highest BCUT2D eigenvalue weighted by Gasteiger charge is 2.26. The van der Waals surface area contributed by atoms with Crippen molar-refractivity contribution in [2.24, 2.45) is 0 Å². The van der Waals surface area contributed by atoms with Crippen molar-refractivity contribution in [1.29, 1.82) is 0 Å². The largest absolute Gasteiger partial charge is 0.337 e. The summed E-state index contributed by atoms with van der Waals surface area (Å²) in [6, 6.07) is 11.0. The van der Waals surface area contributed by atoms with E-state index in [0.29, 0.717) is 11.7 Å². The van der Waals surface area contributed by atoms with E-state index in [1.54, 1.807) is 0 Å². The first-order chi connectivity index (χ1) is 12.7. The van der Waals surface area contributed by atoms with Gasteiger partial charge in [-0.3, -0.25) is 9.48 Å². The fourth-order valence-electron chi connectivity index (χ4n) is 3.71. The minimum atomic E-state index is 0.0919. The Balaban J connectivity index is 1.30. The molecule has 0 bridgehead atoms. The topological polar surface area (TPSA) is 50.2 Å². The number of rotatable bonds is 4. The molecule has 0 atom stereocenters. The summed E-state index contributed by atoms with van der Waals surface area (Å²) in [6.45, 7) is 5.58. The van der Waals surface area contributed by atoms with Gasteiger partial charge in [0.2, 0.25) is 0 Å². The lowest BCUT2D eigenvalue weighted by molar-refractivity contribution is 0.0698. The van der Waals surface area contributed by atoms with Crippen molar-refractivity contribution in [3.8, 4) is 0 Å². The number of benzene rings is 1. The Bertz CT molecular complexity index is 756. The van der Waals surface area contributed by atoms with Crippen molar-refractivity contribution in [2.75, 3.05) is 18.8 Å². The van der Waals surface area contributed by atoms with Gasteiger partial charge in [-0.1, -0.05) is 24.3 Å². The Kier molecular flexibility index (Phi) is 5.31. The molecule has 2 aliphatic rings. The van der Waals surface area contributed by atoms with E-state index in [9.17, 15) is 4.79 Å². The van der Waals surface area contributed by atoms with Crippen LogP contribution >= 0.6 is 11.8 Å². The molecule has 6 heteroatoms. The summed E-state index contributed by atoms with van der Waals surface area (Å²) in [6.07, 6.45) is 2.00. The van der Waals surface area contributed by atoms with E-state index in [1.165, 1.54) is 16.8 Å². The van der Waals surface area contributed by atoms with E-state index in [-0.39, 0.29) is 5.91 Å². The van der Waals surface area contributed by atoms with Crippen LogP contribution in [0.15, 0.2) is 30.3 Å². The molecular formula is C20H26N4OS. The van der Waals surface area contributed by atoms with Crippen LogP contribution < -0.4 is 5.32 Å². The number of piperidine rings is 1. The lowest BCUT2D eigenvalue weighted by Crippen LogP contribution is -2.44. The summed E-state index contributed by atoms with van der Waals surface area (Å²) in [4.78, 5) is 14.7. The molecule has 4 rings (SSSR count). The quantitative estimate of drug-likeness (QED) is 0.899. The summed E-state index contributed by atoms with van der Waals surface area (Å²) < 4.78 is 2.00. The van der Waals surface area contributed by atoms with Crippen molar-refractivity contribution in [3.63, 3.8) is 0 Å². The van der Waals surface area contributed by atoms with Crippen molar-refractivity contribution in [2.45, 2.75) is 44.6 Å². The summed E-state index contributed by atoms with van der Waals surface area (Å²) in [5.74, 6) is 2.14. The van der Waals surface area contributed by atoms with E-state index < -0.39 is 0 Å². The van der Waals surface area contributed by atoms with Crippen LogP contribution in [-0.4, -0.2) is 45.5 Å². The zero-order valence-electron chi connectivity index (χ0n) is 15.3. The Morgan fingerprint density at radius 3 is 2.85 bits per heavy atom. The smallest absolute Gasteiger partial charge is 0.274 e. The Labute approximate surface area is 159 Å². The van der Waals surface area contributed by atoms with Crippen LogP contribution in [0.2, 0.25) is 0 Å². The van der Waals surface area contributed by atoms with Crippen molar-refractivity contribution in [1.82, 2.24) is 20.0 Å². The number of nitrogens with zero attached hydrogens (tertiary/aromatic N) is 3. The van der Waals surface area contributed by atoms with Gasteiger partial charge in [0.15, 0.2) is 5.69 Å². The van der Waals surface area contributed by atoms with Gasteiger partial charge in [-0.05, 0) is 37.0 Å². The van der Waals surface area contributed by atoms with Gasteiger partial charge in [0, 0.05) is 42.9 Å². The predicted molar refractivity (Wildman–Crippen MR) is 105 cm³/mol. The van der Waals surface area contributed by atoms with Gasteiger partial charge in [-0.2, -0.15) is 16.9 Å². The highest BCUT2D eigenvalue weighted by atomic mass is 32.2. The molecule has 0 aliphatic carbocycles. The fraction of sp³-hybridized carbons (Fsp3) is 0.500. The molecule has 26 heavy (non-hydrogen) atoms. The average Bonchev–Trinajstić information content (AvgIpc) is 3.11. The number of carbonyl (C=O) groups is 1. The maximum absolute atomic E-state index is 12.8. The second kappa shape index (κ2) is 7.84. The maximum atomic E-state index is 12.8. The molecule has 1 saturated heterocycles. The van der Waals surface area contributed by atoms with Crippen molar-refractivity contribution in [3.05, 3.63) is 52.8 Å². The van der Waals surface area contributed by atoms with Gasteiger partial charge in [-0.15, -0.1) is 0 Å². The number of aryl methyl sites for hydroxylation is 2. The molecule has 2 aromatic rings. The molecule has 2 aliphatic heterocycles. The molecule has 0 unspecified atom stereocenters. The zero-order valence-corrected chi connectivity index (χ0v) is 16.1. The molecule has 1 amide bonds. The third-order valence-electron chi connectivity index (χ3n) is 5.40. The Hall–Kier alpha value is -1.79. The minimum absolute atomic E-state index is 0.0919. The minimum Gasteiger partial charge on any atom is -0.337 e. The first kappa shape index (κ1) is 17.6.